The lowest BCUT2D eigenvalue weighted by atomic mass is 9.82. The van der Waals surface area contributed by atoms with E-state index in [9.17, 15) is 4.79 Å². The van der Waals surface area contributed by atoms with Crippen LogP contribution in [0.2, 0.25) is 0 Å². The molecule has 0 aromatic heterocycles. The van der Waals surface area contributed by atoms with Gasteiger partial charge < -0.3 is 4.74 Å². The fraction of sp³-hybridized carbons (Fsp3) is 0.316. The van der Waals surface area contributed by atoms with Crippen LogP contribution in [0, 0.1) is 12.8 Å². The standard InChI is InChI=1S/C19H18O2/c1-12-5-4-8-16-18(20)17-11-14(21-19(12)16)10-9-13-6-2-3-7-15(13)17/h3-5,7-10,14,17H,2,6,11H2,1H3. The summed E-state index contributed by atoms with van der Waals surface area (Å²) in [6, 6.07) is 5.85. The van der Waals surface area contributed by atoms with Crippen LogP contribution in [0.1, 0.15) is 35.2 Å². The van der Waals surface area contributed by atoms with Gasteiger partial charge in [0.25, 0.3) is 0 Å². The molecule has 0 saturated heterocycles. The van der Waals surface area contributed by atoms with E-state index in [0.29, 0.717) is 0 Å². The van der Waals surface area contributed by atoms with Gasteiger partial charge in [-0.15, -0.1) is 0 Å². The first-order chi connectivity index (χ1) is 10.2. The summed E-state index contributed by atoms with van der Waals surface area (Å²) < 4.78 is 6.16. The van der Waals surface area contributed by atoms with Crippen molar-refractivity contribution in [1.82, 2.24) is 0 Å². The summed E-state index contributed by atoms with van der Waals surface area (Å²) in [6.45, 7) is 2.00. The molecule has 0 amide bonds. The summed E-state index contributed by atoms with van der Waals surface area (Å²) in [4.78, 5) is 13.0. The molecule has 106 valence electrons. The summed E-state index contributed by atoms with van der Waals surface area (Å²) in [5.41, 5.74) is 4.28. The molecule has 2 unspecified atom stereocenters. The number of Topliss-reactive ketones (excluding diaryl/α,β-unsaturated/α-hetero) is 1. The van der Waals surface area contributed by atoms with Gasteiger partial charge in [-0.1, -0.05) is 30.4 Å². The lowest BCUT2D eigenvalue weighted by Gasteiger charge is -2.19. The second kappa shape index (κ2) is 4.73. The van der Waals surface area contributed by atoms with Crippen molar-refractivity contribution in [1.29, 1.82) is 0 Å². The van der Waals surface area contributed by atoms with E-state index in [2.05, 4.69) is 24.3 Å². The maximum absolute atomic E-state index is 13.0. The summed E-state index contributed by atoms with van der Waals surface area (Å²) >= 11 is 0. The van der Waals surface area contributed by atoms with Crippen LogP contribution in [0.4, 0.5) is 0 Å². The van der Waals surface area contributed by atoms with Crippen LogP contribution >= 0.6 is 0 Å². The van der Waals surface area contributed by atoms with Crippen LogP contribution in [-0.4, -0.2) is 11.9 Å². The smallest absolute Gasteiger partial charge is 0.174 e. The second-order valence-corrected chi connectivity index (χ2v) is 6.04. The van der Waals surface area contributed by atoms with Crippen LogP contribution in [0.25, 0.3) is 0 Å². The van der Waals surface area contributed by atoms with Crippen molar-refractivity contribution in [3.63, 3.8) is 0 Å². The number of benzene rings is 1. The summed E-state index contributed by atoms with van der Waals surface area (Å²) in [5, 5.41) is 0. The minimum absolute atomic E-state index is 0.0136. The van der Waals surface area contributed by atoms with Crippen molar-refractivity contribution < 1.29 is 9.53 Å². The average molecular weight is 278 g/mol. The molecule has 0 N–H and O–H groups in total. The molecule has 3 aliphatic rings. The van der Waals surface area contributed by atoms with E-state index in [1.54, 1.807) is 0 Å². The Morgan fingerprint density at radius 2 is 2.14 bits per heavy atom. The molecule has 1 aromatic carbocycles. The SMILES string of the molecule is Cc1cccc2c1OC1C=CC3=C(C=CCC3)C(C1)C2=O. The molecule has 21 heavy (non-hydrogen) atoms. The highest BCUT2D eigenvalue weighted by molar-refractivity contribution is 6.03. The monoisotopic (exact) mass is 278 g/mol. The Morgan fingerprint density at radius 1 is 1.24 bits per heavy atom. The van der Waals surface area contributed by atoms with E-state index in [-0.39, 0.29) is 17.8 Å². The van der Waals surface area contributed by atoms with Crippen LogP contribution in [0.5, 0.6) is 5.75 Å². The maximum atomic E-state index is 13.0. The Labute approximate surface area is 124 Å². The molecule has 0 spiro atoms. The van der Waals surface area contributed by atoms with E-state index in [1.165, 1.54) is 11.1 Å². The molecule has 0 fully saturated rings. The van der Waals surface area contributed by atoms with Crippen LogP contribution in [0.15, 0.2) is 53.6 Å². The van der Waals surface area contributed by atoms with Crippen LogP contribution < -0.4 is 4.74 Å². The van der Waals surface area contributed by atoms with E-state index in [1.807, 2.05) is 25.1 Å². The molecule has 0 radical (unpaired) electrons. The highest BCUT2D eigenvalue weighted by Crippen LogP contribution is 2.40. The van der Waals surface area contributed by atoms with Crippen molar-refractivity contribution in [2.45, 2.75) is 32.3 Å². The van der Waals surface area contributed by atoms with Gasteiger partial charge in [0.05, 0.1) is 11.5 Å². The third kappa shape index (κ3) is 1.98. The van der Waals surface area contributed by atoms with Crippen molar-refractivity contribution in [3.8, 4) is 5.75 Å². The second-order valence-electron chi connectivity index (χ2n) is 6.04. The van der Waals surface area contributed by atoms with Gasteiger partial charge in [0, 0.05) is 6.42 Å². The van der Waals surface area contributed by atoms with E-state index in [4.69, 9.17) is 4.74 Å². The summed E-state index contributed by atoms with van der Waals surface area (Å²) in [7, 11) is 0. The van der Waals surface area contributed by atoms with Crippen molar-refractivity contribution in [3.05, 3.63) is 64.8 Å². The minimum atomic E-state index is -0.0698. The van der Waals surface area contributed by atoms with Gasteiger partial charge in [-0.3, -0.25) is 4.79 Å². The van der Waals surface area contributed by atoms with Crippen molar-refractivity contribution >= 4 is 5.78 Å². The largest absolute Gasteiger partial charge is 0.485 e. The van der Waals surface area contributed by atoms with Crippen molar-refractivity contribution in [2.75, 3.05) is 0 Å². The molecular weight excluding hydrogens is 260 g/mol. The number of ketones is 1. The molecule has 4 rings (SSSR count). The maximum Gasteiger partial charge on any atom is 0.174 e. The molecule has 0 saturated carbocycles. The third-order valence-corrected chi connectivity index (χ3v) is 4.67. The fourth-order valence-corrected chi connectivity index (χ4v) is 3.56. The lowest BCUT2D eigenvalue weighted by Crippen LogP contribution is -2.20. The summed E-state index contributed by atoms with van der Waals surface area (Å²) in [6.07, 6.45) is 11.4. The number of aryl methyl sites for hydroxylation is 1. The predicted molar refractivity (Wildman–Crippen MR) is 82.6 cm³/mol. The zero-order chi connectivity index (χ0) is 14.4. The Hall–Kier alpha value is -2.09. The first kappa shape index (κ1) is 12.6. The zero-order valence-electron chi connectivity index (χ0n) is 12.1. The number of allylic oxidation sites excluding steroid dienone is 5. The van der Waals surface area contributed by atoms with E-state index >= 15 is 0 Å². The van der Waals surface area contributed by atoms with Gasteiger partial charge in [0.2, 0.25) is 0 Å². The summed E-state index contributed by atoms with van der Waals surface area (Å²) in [5.74, 6) is 0.905. The minimum Gasteiger partial charge on any atom is -0.485 e. The number of para-hydroxylation sites is 1. The number of fused-ring (bicyclic) bond motifs is 4. The topological polar surface area (TPSA) is 26.3 Å². The molecule has 1 aromatic rings. The highest BCUT2D eigenvalue weighted by Gasteiger charge is 2.35. The highest BCUT2D eigenvalue weighted by atomic mass is 16.5. The number of carbonyl (C=O) groups is 1. The number of rotatable bonds is 0. The van der Waals surface area contributed by atoms with Gasteiger partial charge in [-0.25, -0.2) is 0 Å². The molecule has 2 aliphatic carbocycles. The normalized spacial score (nSPS) is 26.6. The van der Waals surface area contributed by atoms with Crippen LogP contribution in [0.3, 0.4) is 0 Å². The third-order valence-electron chi connectivity index (χ3n) is 4.67. The predicted octanol–water partition coefficient (Wildman–Crippen LogP) is 4.16. The van der Waals surface area contributed by atoms with Crippen LogP contribution in [-0.2, 0) is 0 Å². The molecule has 1 aliphatic heterocycles. The quantitative estimate of drug-likeness (QED) is 0.712. The van der Waals surface area contributed by atoms with Crippen molar-refractivity contribution in [2.24, 2.45) is 5.92 Å². The first-order valence-corrected chi connectivity index (χ1v) is 7.62. The Balaban J connectivity index is 1.89. The Morgan fingerprint density at radius 3 is 3.05 bits per heavy atom. The number of hydrogen-bond acceptors (Lipinski definition) is 2. The van der Waals surface area contributed by atoms with Gasteiger partial charge >= 0.3 is 0 Å². The van der Waals surface area contributed by atoms with E-state index < -0.39 is 0 Å². The number of carbonyl (C=O) groups excluding carboxylic acids is 1. The number of ether oxygens (including phenoxy) is 1. The van der Waals surface area contributed by atoms with Gasteiger partial charge in [0.1, 0.15) is 11.9 Å². The first-order valence-electron chi connectivity index (χ1n) is 7.62. The van der Waals surface area contributed by atoms with E-state index in [0.717, 1.165) is 36.1 Å². The lowest BCUT2D eigenvalue weighted by molar-refractivity contribution is 0.0933. The molecule has 2 nitrogen and oxygen atoms in total. The average Bonchev–Trinajstić information content (AvgIpc) is 2.77. The number of hydrogen-bond donors (Lipinski definition) is 0. The van der Waals surface area contributed by atoms with Gasteiger partial charge in [-0.05, 0) is 48.6 Å². The fourth-order valence-electron chi connectivity index (χ4n) is 3.56. The van der Waals surface area contributed by atoms with Gasteiger partial charge in [0.15, 0.2) is 5.78 Å². The molecular formula is C19H18O2. The molecule has 1 heterocycles. The Bertz CT molecular complexity index is 706. The molecule has 2 atom stereocenters. The Kier molecular flexibility index (Phi) is 2.85. The molecule has 2 heteroatoms. The molecule has 2 bridgehead atoms. The van der Waals surface area contributed by atoms with Gasteiger partial charge in [-0.2, -0.15) is 0 Å². The zero-order valence-corrected chi connectivity index (χ0v) is 12.1.